The molecule has 0 aromatic carbocycles. The zero-order chi connectivity index (χ0) is 79.3. The van der Waals surface area contributed by atoms with Gasteiger partial charge in [0.25, 0.3) is 0 Å². The molecule has 0 atom stereocenters. The van der Waals surface area contributed by atoms with Crippen LogP contribution < -0.4 is 37.2 Å². The molecule has 0 aromatic heterocycles. The fourth-order valence-electron chi connectivity index (χ4n) is 7.68. The topological polar surface area (TPSA) is 453 Å². The Balaban J connectivity index is 4.80. The van der Waals surface area contributed by atoms with Crippen molar-refractivity contribution < 1.29 is 161 Å². The number of likely N-dealkylation sites (N-methyl/N-ethyl adjacent to an activating group) is 1. The second-order valence-electron chi connectivity index (χ2n) is 22.3. The molecule has 109 heavy (non-hydrogen) atoms. The standard InChI is InChI=1S/C68H131N7O34/c1-69-62(76)56-107-59(46-97-36-30-91-16-10-74-67(81)57-108-60(48-99-38-26-87-12-6-70-63(77)52-103-42-32-93-22-18-83-2)49-100-39-27-88-13-7-71-64(78)53-104-43-33-94-23-19-84-3)47-98-37-31-92-17-11-75-68(82)58-109-61(50-101-40-28-89-14-8-72-65(79)54-105-44-34-95-24-20-85-4)51-102-41-29-90-15-9-73-66(80)55-106-45-35-96-25-21-86-5/h59-61H,6-58H2,1-5H3,(H,69,76)(H,70,77)(H,71,78)(H,72,79)(H,73,80)(H,74,81)(H,75,82). The van der Waals surface area contributed by atoms with Gasteiger partial charge in [0.15, 0.2) is 0 Å². The van der Waals surface area contributed by atoms with Gasteiger partial charge in [-0.2, -0.15) is 0 Å². The predicted octanol–water partition coefficient (Wildman–Crippen LogP) is -5.50. The van der Waals surface area contributed by atoms with Crippen molar-refractivity contribution in [1.82, 2.24) is 37.2 Å². The zero-order valence-electron chi connectivity index (χ0n) is 65.1. The SMILES string of the molecule is CNC(=O)COC(COCCOCCNC(=O)COC(COCCOCCNC(=O)COCCOCCOC)COCCOCCNC(=O)COCCOCCOC)COCCOCCNC(=O)COC(COCCOCCNC(=O)COCCOCCOC)COCCOCCNC(=O)COCCOCCOC. The molecule has 7 N–H and O–H groups in total. The van der Waals surface area contributed by atoms with Crippen molar-refractivity contribution in [2.75, 3.05) is 385 Å². The fraction of sp³-hybridized carbons (Fsp3) is 0.897. The van der Waals surface area contributed by atoms with Crippen LogP contribution in [0.15, 0.2) is 0 Å². The number of methoxy groups -OCH3 is 4. The summed E-state index contributed by atoms with van der Waals surface area (Å²) in [4.78, 5) is 85.6. The summed E-state index contributed by atoms with van der Waals surface area (Å²) in [5.41, 5.74) is 0. The second-order valence-corrected chi connectivity index (χ2v) is 22.3. The Morgan fingerprint density at radius 1 is 0.193 bits per heavy atom. The molecule has 0 saturated carbocycles. The number of amides is 7. The van der Waals surface area contributed by atoms with Crippen LogP contribution in [0.2, 0.25) is 0 Å². The van der Waals surface area contributed by atoms with Crippen LogP contribution in [-0.4, -0.2) is 445 Å². The minimum absolute atomic E-state index is 0.0778. The summed E-state index contributed by atoms with van der Waals surface area (Å²) in [6, 6.07) is 0. The van der Waals surface area contributed by atoms with Gasteiger partial charge >= 0.3 is 0 Å². The highest BCUT2D eigenvalue weighted by Crippen LogP contribution is 2.01. The number of hydrogen-bond acceptors (Lipinski definition) is 34. The van der Waals surface area contributed by atoms with Gasteiger partial charge < -0.3 is 165 Å². The molecule has 0 aromatic rings. The monoisotopic (exact) mass is 1590 g/mol. The third-order valence-electron chi connectivity index (χ3n) is 13.2. The molecule has 41 heteroatoms. The lowest BCUT2D eigenvalue weighted by Gasteiger charge is -2.19. The van der Waals surface area contributed by atoms with Crippen LogP contribution >= 0.6 is 0 Å². The molecule has 0 aliphatic carbocycles. The summed E-state index contributed by atoms with van der Waals surface area (Å²) in [6.07, 6.45) is -1.88. The lowest BCUT2D eigenvalue weighted by atomic mass is 10.4. The molecule has 642 valence electrons. The molecule has 0 spiro atoms. The summed E-state index contributed by atoms with van der Waals surface area (Å²) in [6.45, 7) is 10.7. The minimum atomic E-state index is -0.633. The van der Waals surface area contributed by atoms with Gasteiger partial charge in [-0.05, 0) is 0 Å². The quantitative estimate of drug-likeness (QED) is 0.0279. The highest BCUT2D eigenvalue weighted by atomic mass is 16.6. The van der Waals surface area contributed by atoms with Crippen molar-refractivity contribution in [2.24, 2.45) is 0 Å². The Kier molecular flexibility index (Phi) is 81.9. The maximum atomic E-state index is 12.8. The van der Waals surface area contributed by atoms with Crippen LogP contribution in [0.25, 0.3) is 0 Å². The zero-order valence-corrected chi connectivity index (χ0v) is 65.1. The number of hydrogen-bond donors (Lipinski definition) is 7. The van der Waals surface area contributed by atoms with Gasteiger partial charge in [-0.25, -0.2) is 0 Å². The summed E-state index contributed by atoms with van der Waals surface area (Å²) < 4.78 is 147. The predicted molar refractivity (Wildman–Crippen MR) is 385 cm³/mol. The minimum Gasteiger partial charge on any atom is -0.382 e. The summed E-state index contributed by atoms with van der Waals surface area (Å²) >= 11 is 0. The van der Waals surface area contributed by atoms with Gasteiger partial charge in [0.05, 0.1) is 264 Å². The molecular weight excluding hydrogens is 1460 g/mol. The van der Waals surface area contributed by atoms with E-state index in [0.29, 0.717) is 79.3 Å². The van der Waals surface area contributed by atoms with Crippen LogP contribution in [0.3, 0.4) is 0 Å². The number of carbonyl (C=O) groups excluding carboxylic acids is 7. The van der Waals surface area contributed by atoms with Crippen LogP contribution in [0.1, 0.15) is 0 Å². The molecule has 0 heterocycles. The first kappa shape index (κ1) is 104. The van der Waals surface area contributed by atoms with E-state index in [-0.39, 0.29) is 300 Å². The molecule has 7 amide bonds. The number of nitrogens with one attached hydrogen (secondary N) is 7. The Morgan fingerprint density at radius 3 is 0.541 bits per heavy atom. The molecular formula is C68H131N7O34. The molecule has 0 bridgehead atoms. The third kappa shape index (κ3) is 81.1. The number of ether oxygens (including phenoxy) is 27. The first-order valence-corrected chi connectivity index (χ1v) is 36.6. The van der Waals surface area contributed by atoms with E-state index in [9.17, 15) is 33.6 Å². The van der Waals surface area contributed by atoms with E-state index in [1.807, 2.05) is 0 Å². The summed E-state index contributed by atoms with van der Waals surface area (Å²) in [5, 5.41) is 18.8. The third-order valence-corrected chi connectivity index (χ3v) is 13.2. The maximum absolute atomic E-state index is 12.8. The van der Waals surface area contributed by atoms with E-state index in [1.54, 1.807) is 28.4 Å². The van der Waals surface area contributed by atoms with Crippen LogP contribution in [0, 0.1) is 0 Å². The van der Waals surface area contributed by atoms with Crippen molar-refractivity contribution >= 4 is 41.4 Å². The Morgan fingerprint density at radius 2 is 0.349 bits per heavy atom. The average Bonchev–Trinajstić information content (AvgIpc) is 1.14. The van der Waals surface area contributed by atoms with E-state index in [1.165, 1.54) is 7.05 Å². The highest BCUT2D eigenvalue weighted by Gasteiger charge is 2.17. The van der Waals surface area contributed by atoms with E-state index in [2.05, 4.69) is 37.2 Å². The molecule has 0 rings (SSSR count). The smallest absolute Gasteiger partial charge is 0.246 e. The van der Waals surface area contributed by atoms with Crippen molar-refractivity contribution in [3.63, 3.8) is 0 Å². The van der Waals surface area contributed by atoms with Crippen molar-refractivity contribution in [2.45, 2.75) is 18.3 Å². The highest BCUT2D eigenvalue weighted by molar-refractivity contribution is 5.79. The number of rotatable bonds is 89. The Bertz CT molecular complexity index is 1850. The van der Waals surface area contributed by atoms with Gasteiger partial charge in [-0.3, -0.25) is 33.6 Å². The van der Waals surface area contributed by atoms with E-state index < -0.39 is 30.1 Å². The largest absolute Gasteiger partial charge is 0.382 e. The molecule has 0 aliphatic heterocycles. The van der Waals surface area contributed by atoms with E-state index >= 15 is 0 Å². The van der Waals surface area contributed by atoms with E-state index in [0.717, 1.165) is 0 Å². The van der Waals surface area contributed by atoms with Gasteiger partial charge in [0.1, 0.15) is 64.6 Å². The average molecular weight is 1590 g/mol. The van der Waals surface area contributed by atoms with Gasteiger partial charge in [0, 0.05) is 74.8 Å². The fourth-order valence-corrected chi connectivity index (χ4v) is 7.68. The first-order valence-electron chi connectivity index (χ1n) is 36.6. The second kappa shape index (κ2) is 85.6. The van der Waals surface area contributed by atoms with Crippen molar-refractivity contribution in [3.8, 4) is 0 Å². The lowest BCUT2D eigenvalue weighted by Crippen LogP contribution is -2.35. The van der Waals surface area contributed by atoms with E-state index in [4.69, 9.17) is 128 Å². The normalized spacial score (nSPS) is 11.5. The van der Waals surface area contributed by atoms with Gasteiger partial charge in [-0.15, -0.1) is 0 Å². The van der Waals surface area contributed by atoms with Crippen LogP contribution in [-0.2, 0) is 161 Å². The maximum Gasteiger partial charge on any atom is 0.246 e. The Hall–Kier alpha value is -4.79. The first-order chi connectivity index (χ1) is 53.5. The van der Waals surface area contributed by atoms with Gasteiger partial charge in [-0.1, -0.05) is 0 Å². The molecule has 0 aliphatic rings. The van der Waals surface area contributed by atoms with Crippen LogP contribution in [0.4, 0.5) is 0 Å². The number of carbonyl (C=O) groups is 7. The van der Waals surface area contributed by atoms with Crippen LogP contribution in [0.5, 0.6) is 0 Å². The summed E-state index contributed by atoms with van der Waals surface area (Å²) in [7, 11) is 7.82. The molecule has 0 fully saturated rings. The molecule has 0 radical (unpaired) electrons. The Labute approximate surface area is 641 Å². The van der Waals surface area contributed by atoms with Crippen molar-refractivity contribution in [1.29, 1.82) is 0 Å². The lowest BCUT2D eigenvalue weighted by molar-refractivity contribution is -0.133. The molecule has 0 unspecified atom stereocenters. The molecule has 0 saturated heterocycles. The van der Waals surface area contributed by atoms with Gasteiger partial charge in [0.2, 0.25) is 41.4 Å². The summed E-state index contributed by atoms with van der Waals surface area (Å²) in [5.74, 6) is -2.27. The van der Waals surface area contributed by atoms with Crippen molar-refractivity contribution in [3.05, 3.63) is 0 Å². The molecule has 41 nitrogen and oxygen atoms in total.